The Labute approximate surface area is 177 Å². The molecule has 2 heterocycles. The van der Waals surface area contributed by atoms with Crippen LogP contribution in [0.3, 0.4) is 0 Å². The lowest BCUT2D eigenvalue weighted by molar-refractivity contribution is 0.122. The Kier molecular flexibility index (Phi) is 7.77. The maximum Gasteiger partial charge on any atom is 0.319 e. The molecular formula is C22H30N4O2S. The number of hydrogen-bond donors (Lipinski definition) is 2. The molecule has 6 nitrogen and oxygen atoms in total. The van der Waals surface area contributed by atoms with Crippen LogP contribution in [0.5, 0.6) is 0 Å². The van der Waals surface area contributed by atoms with E-state index in [4.69, 9.17) is 4.74 Å². The van der Waals surface area contributed by atoms with Gasteiger partial charge in [-0.05, 0) is 43.2 Å². The molecule has 2 aromatic rings. The summed E-state index contributed by atoms with van der Waals surface area (Å²) in [4.78, 5) is 20.4. The van der Waals surface area contributed by atoms with E-state index in [-0.39, 0.29) is 6.03 Å². The number of benzene rings is 1. The lowest BCUT2D eigenvalue weighted by Crippen LogP contribution is -2.38. The molecule has 0 bridgehead atoms. The summed E-state index contributed by atoms with van der Waals surface area (Å²) in [5.74, 6) is 0.915. The Morgan fingerprint density at radius 2 is 2.10 bits per heavy atom. The molecule has 1 aromatic heterocycles. The lowest BCUT2D eigenvalue weighted by atomic mass is 10.2. The summed E-state index contributed by atoms with van der Waals surface area (Å²) in [5, 5.41) is 6.50. The van der Waals surface area contributed by atoms with Crippen LogP contribution in [0.15, 0.2) is 41.4 Å². The Hall–Kier alpha value is -2.25. The van der Waals surface area contributed by atoms with Crippen molar-refractivity contribution < 1.29 is 9.53 Å². The third-order valence-electron chi connectivity index (χ3n) is 4.98. The Morgan fingerprint density at radius 1 is 1.31 bits per heavy atom. The number of rotatable bonds is 7. The van der Waals surface area contributed by atoms with E-state index < -0.39 is 0 Å². The number of hydrogen-bond acceptors (Lipinski definition) is 5. The number of morpholine rings is 1. The number of anilines is 2. The highest BCUT2D eigenvalue weighted by atomic mass is 32.2. The number of nitrogens with zero attached hydrogens (tertiary/aromatic N) is 2. The average molecular weight is 415 g/mol. The molecular weight excluding hydrogens is 384 g/mol. The van der Waals surface area contributed by atoms with Crippen molar-refractivity contribution in [2.75, 3.05) is 36.5 Å². The fraction of sp³-hybridized carbons (Fsp3) is 0.455. The van der Waals surface area contributed by atoms with Gasteiger partial charge in [-0.3, -0.25) is 0 Å². The predicted molar refractivity (Wildman–Crippen MR) is 120 cm³/mol. The number of amides is 2. The summed E-state index contributed by atoms with van der Waals surface area (Å²) in [6, 6.07) is 9.86. The number of aryl methyl sites for hydroxylation is 1. The number of ether oxygens (including phenoxy) is 1. The molecule has 2 amide bonds. The van der Waals surface area contributed by atoms with E-state index in [0.29, 0.717) is 25.0 Å². The molecule has 156 valence electrons. The Morgan fingerprint density at radius 3 is 2.83 bits per heavy atom. The van der Waals surface area contributed by atoms with Crippen molar-refractivity contribution in [3.05, 3.63) is 47.7 Å². The molecule has 0 aliphatic carbocycles. The Bertz CT molecular complexity index is 824. The highest BCUT2D eigenvalue weighted by Crippen LogP contribution is 2.28. The van der Waals surface area contributed by atoms with Gasteiger partial charge in [0.2, 0.25) is 0 Å². The highest BCUT2D eigenvalue weighted by molar-refractivity contribution is 7.99. The summed E-state index contributed by atoms with van der Waals surface area (Å²) in [7, 11) is 0. The molecule has 0 saturated carbocycles. The lowest BCUT2D eigenvalue weighted by Gasteiger charge is -2.29. The summed E-state index contributed by atoms with van der Waals surface area (Å²) in [6.45, 7) is 9.90. The van der Waals surface area contributed by atoms with Crippen molar-refractivity contribution in [3.8, 4) is 0 Å². The van der Waals surface area contributed by atoms with Gasteiger partial charge in [-0.25, -0.2) is 9.78 Å². The van der Waals surface area contributed by atoms with Crippen molar-refractivity contribution in [3.63, 3.8) is 0 Å². The molecule has 1 aliphatic heterocycles. The third-order valence-corrected chi connectivity index (χ3v) is 6.24. The van der Waals surface area contributed by atoms with Crippen molar-refractivity contribution in [2.24, 2.45) is 0 Å². The van der Waals surface area contributed by atoms with Gasteiger partial charge in [-0.2, -0.15) is 0 Å². The van der Waals surface area contributed by atoms with E-state index in [1.54, 1.807) is 6.20 Å². The molecule has 1 atom stereocenters. The van der Waals surface area contributed by atoms with E-state index >= 15 is 0 Å². The van der Waals surface area contributed by atoms with Crippen molar-refractivity contribution in [1.82, 2.24) is 10.3 Å². The molecule has 7 heteroatoms. The monoisotopic (exact) mass is 414 g/mol. The minimum Gasteiger partial charge on any atom is -0.378 e. The number of aromatic nitrogens is 1. The van der Waals surface area contributed by atoms with Crippen LogP contribution < -0.4 is 15.5 Å². The maximum absolute atomic E-state index is 12.5. The van der Waals surface area contributed by atoms with Gasteiger partial charge < -0.3 is 20.3 Å². The number of carbonyl (C=O) groups is 1. The second-order valence-electron chi connectivity index (χ2n) is 7.21. The minimum atomic E-state index is -0.216. The minimum absolute atomic E-state index is 0.216. The van der Waals surface area contributed by atoms with Gasteiger partial charge in [0.25, 0.3) is 0 Å². The van der Waals surface area contributed by atoms with Gasteiger partial charge >= 0.3 is 6.03 Å². The van der Waals surface area contributed by atoms with E-state index in [9.17, 15) is 4.79 Å². The van der Waals surface area contributed by atoms with E-state index in [2.05, 4.69) is 46.5 Å². The van der Waals surface area contributed by atoms with Crippen molar-refractivity contribution in [2.45, 2.75) is 43.9 Å². The van der Waals surface area contributed by atoms with Gasteiger partial charge in [0.15, 0.2) is 0 Å². The molecule has 1 fully saturated rings. The molecule has 3 rings (SSSR count). The standard InChI is InChI=1S/C22H30N4O2S/c1-4-17(3)29-19-7-8-20(16(2)14-19)25-22(27)24-15-18-6-5-9-23-21(18)26-10-12-28-13-11-26/h5-9,14,17H,4,10-13,15H2,1-3H3,(H2,24,25,27). The second-order valence-corrected chi connectivity index (χ2v) is 8.72. The molecule has 1 unspecified atom stereocenters. The smallest absolute Gasteiger partial charge is 0.319 e. The van der Waals surface area contributed by atoms with E-state index in [0.717, 1.165) is 42.1 Å². The Balaban J connectivity index is 1.58. The summed E-state index contributed by atoms with van der Waals surface area (Å²) in [6.07, 6.45) is 2.92. The van der Waals surface area contributed by atoms with Crippen molar-refractivity contribution in [1.29, 1.82) is 0 Å². The SMILES string of the molecule is CCC(C)Sc1ccc(NC(=O)NCc2cccnc2N2CCOCC2)c(C)c1. The molecule has 1 aliphatic rings. The van der Waals surface area contributed by atoms with Crippen LogP contribution in [0.1, 0.15) is 31.4 Å². The van der Waals surface area contributed by atoms with Gasteiger partial charge in [0.05, 0.1) is 13.2 Å². The van der Waals surface area contributed by atoms with Crippen LogP contribution in [0, 0.1) is 6.92 Å². The van der Waals surface area contributed by atoms with Crippen LogP contribution in [-0.4, -0.2) is 42.6 Å². The van der Waals surface area contributed by atoms with E-state index in [1.807, 2.05) is 36.9 Å². The zero-order valence-corrected chi connectivity index (χ0v) is 18.2. The molecule has 0 radical (unpaired) electrons. The summed E-state index contributed by atoms with van der Waals surface area (Å²) >= 11 is 1.86. The van der Waals surface area contributed by atoms with Crippen LogP contribution >= 0.6 is 11.8 Å². The quantitative estimate of drug-likeness (QED) is 0.656. The first-order chi connectivity index (χ1) is 14.1. The summed E-state index contributed by atoms with van der Waals surface area (Å²) < 4.78 is 5.42. The van der Waals surface area contributed by atoms with E-state index in [1.165, 1.54) is 4.90 Å². The van der Waals surface area contributed by atoms with Gasteiger partial charge in [-0.15, -0.1) is 11.8 Å². The average Bonchev–Trinajstić information content (AvgIpc) is 2.75. The van der Waals surface area contributed by atoms with Gasteiger partial charge in [-0.1, -0.05) is 19.9 Å². The fourth-order valence-corrected chi connectivity index (χ4v) is 4.16. The molecule has 1 saturated heterocycles. The predicted octanol–water partition coefficient (Wildman–Crippen LogP) is 4.44. The number of carbonyl (C=O) groups excluding carboxylic acids is 1. The molecule has 1 aromatic carbocycles. The molecule has 0 spiro atoms. The topological polar surface area (TPSA) is 66.5 Å². The van der Waals surface area contributed by atoms with Gasteiger partial charge in [0, 0.05) is 47.2 Å². The number of nitrogens with one attached hydrogen (secondary N) is 2. The molecule has 2 N–H and O–H groups in total. The first-order valence-corrected chi connectivity index (χ1v) is 11.0. The molecule has 29 heavy (non-hydrogen) atoms. The first-order valence-electron chi connectivity index (χ1n) is 10.2. The zero-order chi connectivity index (χ0) is 20.6. The van der Waals surface area contributed by atoms with Crippen LogP contribution in [0.25, 0.3) is 0 Å². The largest absolute Gasteiger partial charge is 0.378 e. The third kappa shape index (κ3) is 6.11. The van der Waals surface area contributed by atoms with Crippen LogP contribution in [-0.2, 0) is 11.3 Å². The first kappa shape index (κ1) is 21.5. The zero-order valence-electron chi connectivity index (χ0n) is 17.4. The fourth-order valence-electron chi connectivity index (χ4n) is 3.14. The normalized spacial score (nSPS) is 15.1. The number of urea groups is 1. The highest BCUT2D eigenvalue weighted by Gasteiger charge is 2.16. The van der Waals surface area contributed by atoms with Crippen LogP contribution in [0.4, 0.5) is 16.3 Å². The van der Waals surface area contributed by atoms with Crippen LogP contribution in [0.2, 0.25) is 0 Å². The second kappa shape index (κ2) is 10.5. The summed E-state index contributed by atoms with van der Waals surface area (Å²) in [5.41, 5.74) is 2.89. The number of pyridine rings is 1. The maximum atomic E-state index is 12.5. The number of thioether (sulfide) groups is 1. The van der Waals surface area contributed by atoms with Gasteiger partial charge in [0.1, 0.15) is 5.82 Å². The van der Waals surface area contributed by atoms with Crippen molar-refractivity contribution >= 4 is 29.3 Å².